The Labute approximate surface area is 117 Å². The van der Waals surface area contributed by atoms with Crippen LogP contribution in [0.4, 0.5) is 0 Å². The van der Waals surface area contributed by atoms with Gasteiger partial charge in [0.2, 0.25) is 5.91 Å². The number of carbonyl (C=O) groups excluding carboxylic acids is 1. The first-order valence-corrected chi connectivity index (χ1v) is 7.42. The molecular weight excluding hydrogens is 270 g/mol. The largest absolute Gasteiger partial charge is 0.369 e. The first-order valence-electron chi connectivity index (χ1n) is 6.01. The Morgan fingerprint density at radius 3 is 2.83 bits per heavy atom. The Morgan fingerprint density at radius 2 is 2.33 bits per heavy atom. The van der Waals surface area contributed by atoms with E-state index in [2.05, 4.69) is 23.7 Å². The molecule has 102 valence electrons. The van der Waals surface area contributed by atoms with Gasteiger partial charge in [0.05, 0.1) is 23.1 Å². The highest BCUT2D eigenvalue weighted by molar-refractivity contribution is 7.09. The summed E-state index contributed by atoms with van der Waals surface area (Å²) in [6.45, 7) is 6.24. The van der Waals surface area contributed by atoms with Gasteiger partial charge in [0.25, 0.3) is 0 Å². The molecule has 0 unspecified atom stereocenters. The summed E-state index contributed by atoms with van der Waals surface area (Å²) in [6, 6.07) is 0. The molecule has 0 fully saturated rings. The lowest BCUT2D eigenvalue weighted by Crippen LogP contribution is -2.37. The van der Waals surface area contributed by atoms with Crippen molar-refractivity contribution < 1.29 is 4.79 Å². The number of halogens is 1. The second-order valence-electron chi connectivity index (χ2n) is 4.71. The third-order valence-corrected chi connectivity index (χ3v) is 3.61. The molecule has 0 aromatic carbocycles. The van der Waals surface area contributed by atoms with E-state index in [1.165, 1.54) is 0 Å². The average Bonchev–Trinajstić information content (AvgIpc) is 2.72. The lowest BCUT2D eigenvalue weighted by atomic mass is 10.2. The number of rotatable bonds is 8. The van der Waals surface area contributed by atoms with Crippen molar-refractivity contribution in [1.82, 2.24) is 9.88 Å². The average molecular weight is 290 g/mol. The highest BCUT2D eigenvalue weighted by Crippen LogP contribution is 2.13. The fourth-order valence-corrected chi connectivity index (χ4v) is 2.77. The Balaban J connectivity index is 2.47. The summed E-state index contributed by atoms with van der Waals surface area (Å²) < 4.78 is 0. The predicted molar refractivity (Wildman–Crippen MR) is 75.8 cm³/mol. The van der Waals surface area contributed by atoms with Crippen LogP contribution in [-0.2, 0) is 17.1 Å². The number of alkyl halides is 1. The van der Waals surface area contributed by atoms with E-state index in [-0.39, 0.29) is 5.91 Å². The van der Waals surface area contributed by atoms with Crippen LogP contribution in [0.2, 0.25) is 0 Å². The highest BCUT2D eigenvalue weighted by Gasteiger charge is 2.11. The fraction of sp³-hybridized carbons (Fsp3) is 0.667. The molecule has 0 spiro atoms. The van der Waals surface area contributed by atoms with Gasteiger partial charge in [-0.2, -0.15) is 0 Å². The van der Waals surface area contributed by atoms with Gasteiger partial charge in [-0.1, -0.05) is 13.8 Å². The Bertz CT molecular complexity index is 381. The molecule has 1 rings (SSSR count). The molecule has 2 N–H and O–H groups in total. The van der Waals surface area contributed by atoms with Gasteiger partial charge in [0.1, 0.15) is 0 Å². The van der Waals surface area contributed by atoms with Crippen LogP contribution in [0.1, 0.15) is 24.5 Å². The van der Waals surface area contributed by atoms with Crippen LogP contribution in [0.15, 0.2) is 5.38 Å². The number of primary amides is 1. The number of amides is 1. The van der Waals surface area contributed by atoms with Crippen molar-refractivity contribution in [1.29, 1.82) is 0 Å². The molecule has 0 bridgehead atoms. The van der Waals surface area contributed by atoms with Gasteiger partial charge < -0.3 is 5.73 Å². The summed E-state index contributed by atoms with van der Waals surface area (Å²) in [5.41, 5.74) is 6.17. The quantitative estimate of drug-likeness (QED) is 0.743. The van der Waals surface area contributed by atoms with Crippen LogP contribution in [0.5, 0.6) is 0 Å². The molecule has 0 aliphatic rings. The lowest BCUT2D eigenvalue weighted by molar-refractivity contribution is -0.119. The lowest BCUT2D eigenvalue weighted by Gasteiger charge is -2.22. The van der Waals surface area contributed by atoms with E-state index in [1.807, 2.05) is 5.38 Å². The van der Waals surface area contributed by atoms with Crippen molar-refractivity contribution in [2.24, 2.45) is 11.7 Å². The Hall–Kier alpha value is -0.650. The number of nitrogens with two attached hydrogens (primary N) is 1. The molecule has 1 heterocycles. The molecule has 1 aromatic rings. The second-order valence-corrected chi connectivity index (χ2v) is 5.92. The van der Waals surface area contributed by atoms with Gasteiger partial charge >= 0.3 is 0 Å². The summed E-state index contributed by atoms with van der Waals surface area (Å²) in [4.78, 5) is 17.5. The number of nitrogens with zero attached hydrogens (tertiary/aromatic N) is 2. The summed E-state index contributed by atoms with van der Waals surface area (Å²) in [6.07, 6.45) is 0.835. The minimum atomic E-state index is -0.281. The zero-order valence-corrected chi connectivity index (χ0v) is 12.4. The minimum absolute atomic E-state index is 0.281. The van der Waals surface area contributed by atoms with Gasteiger partial charge in [0.15, 0.2) is 0 Å². The van der Waals surface area contributed by atoms with Crippen LogP contribution in [0, 0.1) is 5.92 Å². The van der Waals surface area contributed by atoms with Crippen molar-refractivity contribution >= 4 is 28.8 Å². The second kappa shape index (κ2) is 7.71. The molecule has 6 heteroatoms. The van der Waals surface area contributed by atoms with E-state index in [9.17, 15) is 4.79 Å². The van der Waals surface area contributed by atoms with E-state index in [4.69, 9.17) is 17.3 Å². The van der Waals surface area contributed by atoms with Crippen LogP contribution >= 0.6 is 22.9 Å². The molecule has 0 radical (unpaired) electrons. The molecule has 0 saturated heterocycles. The van der Waals surface area contributed by atoms with Crippen LogP contribution in [0.25, 0.3) is 0 Å². The highest BCUT2D eigenvalue weighted by atomic mass is 35.5. The Morgan fingerprint density at radius 1 is 1.61 bits per heavy atom. The van der Waals surface area contributed by atoms with E-state index >= 15 is 0 Å². The maximum absolute atomic E-state index is 11.0. The van der Waals surface area contributed by atoms with Crippen LogP contribution < -0.4 is 5.73 Å². The van der Waals surface area contributed by atoms with Gasteiger partial charge in [-0.15, -0.1) is 22.9 Å². The van der Waals surface area contributed by atoms with Crippen LogP contribution in [-0.4, -0.2) is 35.4 Å². The van der Waals surface area contributed by atoms with Gasteiger partial charge in [-0.25, -0.2) is 4.98 Å². The molecule has 0 atom stereocenters. The number of hydrogen-bond acceptors (Lipinski definition) is 4. The monoisotopic (exact) mass is 289 g/mol. The third-order valence-electron chi connectivity index (χ3n) is 2.38. The normalized spacial score (nSPS) is 11.4. The number of carbonyl (C=O) groups is 1. The Kier molecular flexibility index (Phi) is 6.60. The maximum Gasteiger partial charge on any atom is 0.231 e. The van der Waals surface area contributed by atoms with E-state index < -0.39 is 0 Å². The van der Waals surface area contributed by atoms with Gasteiger partial charge in [0, 0.05) is 24.9 Å². The molecule has 0 saturated carbocycles. The molecular formula is C12H20ClN3OS. The maximum atomic E-state index is 11.0. The standard InChI is InChI=1S/C12H20ClN3OS/c1-9(2)6-16(7-11(14)17)4-3-12-15-10(5-13)8-18-12/h8-9H,3-7H2,1-2H3,(H2,14,17). The van der Waals surface area contributed by atoms with Crippen molar-refractivity contribution in [3.8, 4) is 0 Å². The number of aromatic nitrogens is 1. The summed E-state index contributed by atoms with van der Waals surface area (Å²) in [7, 11) is 0. The first kappa shape index (κ1) is 15.4. The smallest absolute Gasteiger partial charge is 0.231 e. The van der Waals surface area contributed by atoms with Crippen LogP contribution in [0.3, 0.4) is 0 Å². The van der Waals surface area contributed by atoms with Gasteiger partial charge in [-0.3, -0.25) is 9.69 Å². The SMILES string of the molecule is CC(C)CN(CCc1nc(CCl)cs1)CC(N)=O. The molecule has 4 nitrogen and oxygen atoms in total. The summed E-state index contributed by atoms with van der Waals surface area (Å²) >= 11 is 7.33. The summed E-state index contributed by atoms with van der Waals surface area (Å²) in [5.74, 6) is 0.684. The van der Waals surface area contributed by atoms with Crippen molar-refractivity contribution in [2.45, 2.75) is 26.1 Å². The van der Waals surface area contributed by atoms with E-state index in [1.54, 1.807) is 11.3 Å². The van der Waals surface area contributed by atoms with Crippen molar-refractivity contribution in [2.75, 3.05) is 19.6 Å². The predicted octanol–water partition coefficient (Wildman–Crippen LogP) is 1.87. The van der Waals surface area contributed by atoms with Crippen molar-refractivity contribution in [3.05, 3.63) is 16.1 Å². The topological polar surface area (TPSA) is 59.2 Å². The van der Waals surface area contributed by atoms with Crippen molar-refractivity contribution in [3.63, 3.8) is 0 Å². The number of thiazole rings is 1. The molecule has 1 aromatic heterocycles. The molecule has 18 heavy (non-hydrogen) atoms. The molecule has 1 amide bonds. The van der Waals surface area contributed by atoms with Gasteiger partial charge in [-0.05, 0) is 5.92 Å². The first-order chi connectivity index (χ1) is 8.51. The fourth-order valence-electron chi connectivity index (χ4n) is 1.75. The molecule has 0 aliphatic carbocycles. The zero-order valence-electron chi connectivity index (χ0n) is 10.9. The summed E-state index contributed by atoms with van der Waals surface area (Å²) in [5, 5.41) is 3.03. The zero-order chi connectivity index (χ0) is 13.5. The van der Waals surface area contributed by atoms with E-state index in [0.29, 0.717) is 18.3 Å². The number of hydrogen-bond donors (Lipinski definition) is 1. The minimum Gasteiger partial charge on any atom is -0.369 e. The van der Waals surface area contributed by atoms with E-state index in [0.717, 1.165) is 30.2 Å². The molecule has 0 aliphatic heterocycles. The third kappa shape index (κ3) is 5.80.